The number of halogens is 1. The smallest absolute Gasteiger partial charge is 0.323 e. The van der Waals surface area contributed by atoms with Gasteiger partial charge in [0, 0.05) is 35.9 Å². The number of nitrogens with zero attached hydrogens (tertiary/aromatic N) is 2. The van der Waals surface area contributed by atoms with Gasteiger partial charge in [0.15, 0.2) is 0 Å². The van der Waals surface area contributed by atoms with Crippen LogP contribution in [0.15, 0.2) is 71.5 Å². The maximum Gasteiger partial charge on any atom is 0.323 e. The van der Waals surface area contributed by atoms with E-state index in [1.165, 1.54) is 7.11 Å². The molecule has 0 aliphatic carbocycles. The number of pyridine rings is 1. The van der Waals surface area contributed by atoms with Crippen LogP contribution < -0.4 is 20.7 Å². The summed E-state index contributed by atoms with van der Waals surface area (Å²) in [6.45, 7) is 0.524. The number of benzene rings is 2. The molecule has 0 spiro atoms. The van der Waals surface area contributed by atoms with Crippen LogP contribution in [0.1, 0.15) is 5.56 Å². The molecule has 180 valence electrons. The van der Waals surface area contributed by atoms with Crippen molar-refractivity contribution in [2.75, 3.05) is 36.8 Å². The molecule has 35 heavy (non-hydrogen) atoms. The molecule has 0 unspecified atom stereocenters. The second-order valence-corrected chi connectivity index (χ2v) is 8.55. The van der Waals surface area contributed by atoms with E-state index in [2.05, 4.69) is 41.4 Å². The van der Waals surface area contributed by atoms with Crippen molar-refractivity contribution in [3.63, 3.8) is 0 Å². The van der Waals surface area contributed by atoms with Gasteiger partial charge in [-0.05, 0) is 54.1 Å². The lowest BCUT2D eigenvalue weighted by molar-refractivity contribution is -0.119. The van der Waals surface area contributed by atoms with E-state index in [-0.39, 0.29) is 18.5 Å². The van der Waals surface area contributed by atoms with Crippen LogP contribution in [0.4, 0.5) is 22.0 Å². The third-order valence-electron chi connectivity index (χ3n) is 5.19. The summed E-state index contributed by atoms with van der Waals surface area (Å²) in [5.41, 5.74) is 3.14. The van der Waals surface area contributed by atoms with E-state index in [1.54, 1.807) is 25.4 Å². The zero-order valence-electron chi connectivity index (χ0n) is 19.2. The number of hydrogen-bond acceptors (Lipinski definition) is 5. The summed E-state index contributed by atoms with van der Waals surface area (Å²) in [5.74, 6) is 0.754. The van der Waals surface area contributed by atoms with Crippen LogP contribution in [0.5, 0.6) is 5.75 Å². The molecule has 0 atom stereocenters. The maximum atomic E-state index is 12.7. The largest absolute Gasteiger partial charge is 0.495 e. The fourth-order valence-corrected chi connectivity index (χ4v) is 4.03. The molecule has 0 saturated heterocycles. The van der Waals surface area contributed by atoms with E-state index < -0.39 is 0 Å². The molecule has 0 aliphatic heterocycles. The molecule has 0 radical (unpaired) electrons. The Kier molecular flexibility index (Phi) is 7.64. The van der Waals surface area contributed by atoms with Crippen molar-refractivity contribution in [2.45, 2.75) is 6.54 Å². The summed E-state index contributed by atoms with van der Waals surface area (Å²) in [7, 11) is 3.01. The molecule has 0 saturated carbocycles. The Bertz CT molecular complexity index is 1370. The highest BCUT2D eigenvalue weighted by molar-refractivity contribution is 9.10. The predicted molar refractivity (Wildman–Crippen MR) is 139 cm³/mol. The summed E-state index contributed by atoms with van der Waals surface area (Å²) >= 11 is 3.41. The second kappa shape index (κ2) is 11.0. The second-order valence-electron chi connectivity index (χ2n) is 7.64. The van der Waals surface area contributed by atoms with Crippen molar-refractivity contribution in [3.8, 4) is 5.75 Å². The number of fused-ring (bicyclic) bond motifs is 1. The molecule has 3 N–H and O–H groups in total. The number of ether oxygens (including phenoxy) is 2. The fourth-order valence-electron chi connectivity index (χ4n) is 3.67. The van der Waals surface area contributed by atoms with Gasteiger partial charge in [-0.3, -0.25) is 4.79 Å². The minimum atomic E-state index is -0.382. The summed E-state index contributed by atoms with van der Waals surface area (Å²) in [6.07, 6.45) is 3.60. The van der Waals surface area contributed by atoms with E-state index in [0.29, 0.717) is 29.5 Å². The van der Waals surface area contributed by atoms with Crippen molar-refractivity contribution in [2.24, 2.45) is 0 Å². The van der Waals surface area contributed by atoms with Crippen LogP contribution in [-0.2, 0) is 16.1 Å². The number of rotatable bonds is 8. The van der Waals surface area contributed by atoms with Gasteiger partial charge in [0.2, 0.25) is 0 Å². The lowest BCUT2D eigenvalue weighted by Gasteiger charge is -2.13. The average Bonchev–Trinajstić information content (AvgIpc) is 3.23. The summed E-state index contributed by atoms with van der Waals surface area (Å²) in [6, 6.07) is 16.4. The van der Waals surface area contributed by atoms with Gasteiger partial charge in [0.1, 0.15) is 18.2 Å². The lowest BCUT2D eigenvalue weighted by Crippen LogP contribution is -2.20. The minimum absolute atomic E-state index is 0.0359. The Morgan fingerprint density at radius 3 is 2.63 bits per heavy atom. The summed E-state index contributed by atoms with van der Waals surface area (Å²) in [5, 5.41) is 9.36. The summed E-state index contributed by atoms with van der Waals surface area (Å²) < 4.78 is 13.0. The third-order valence-corrected chi connectivity index (χ3v) is 5.69. The summed E-state index contributed by atoms with van der Waals surface area (Å²) in [4.78, 5) is 28.7. The molecule has 3 amide bonds. The molecule has 0 aliphatic rings. The van der Waals surface area contributed by atoms with Crippen LogP contribution >= 0.6 is 15.9 Å². The van der Waals surface area contributed by atoms with Crippen molar-refractivity contribution in [1.82, 2.24) is 9.55 Å². The van der Waals surface area contributed by atoms with E-state index in [4.69, 9.17) is 9.47 Å². The SMILES string of the molecule is COCC(=O)Nc1cc(Cn2ccc3c(NC(=O)Nc4cc(Br)ccc4OC)cccc32)ccn1. The topological polar surface area (TPSA) is 107 Å². The zero-order chi connectivity index (χ0) is 24.8. The number of urea groups is 1. The number of hydrogen-bond donors (Lipinski definition) is 3. The monoisotopic (exact) mass is 537 g/mol. The van der Waals surface area contributed by atoms with E-state index >= 15 is 0 Å². The molecular formula is C25H24BrN5O4. The van der Waals surface area contributed by atoms with Gasteiger partial charge >= 0.3 is 6.03 Å². The van der Waals surface area contributed by atoms with Gasteiger partial charge in [0.05, 0.1) is 24.0 Å². The Labute approximate surface area is 210 Å². The van der Waals surface area contributed by atoms with Crippen LogP contribution in [0.3, 0.4) is 0 Å². The van der Waals surface area contributed by atoms with Crippen molar-refractivity contribution in [1.29, 1.82) is 0 Å². The van der Waals surface area contributed by atoms with Gasteiger partial charge in [0.25, 0.3) is 5.91 Å². The van der Waals surface area contributed by atoms with Gasteiger partial charge < -0.3 is 30.0 Å². The number of nitrogens with one attached hydrogen (secondary N) is 3. The molecule has 0 fully saturated rings. The van der Waals surface area contributed by atoms with Crippen molar-refractivity contribution < 1.29 is 19.1 Å². The molecule has 2 aromatic heterocycles. The molecule has 4 rings (SSSR count). The molecule has 9 nitrogen and oxygen atoms in total. The Morgan fingerprint density at radius 2 is 1.83 bits per heavy atom. The molecule has 2 heterocycles. The van der Waals surface area contributed by atoms with Crippen LogP contribution in [0, 0.1) is 0 Å². The standard InChI is InChI=1S/C25H24BrN5O4/c1-34-15-24(32)30-23-12-16(8-10-27-23)14-31-11-9-18-19(4-3-5-21(18)31)28-25(33)29-20-13-17(26)6-7-22(20)35-2/h3-13H,14-15H2,1-2H3,(H,27,30,32)(H2,28,29,33). The molecule has 10 heteroatoms. The minimum Gasteiger partial charge on any atom is -0.495 e. The zero-order valence-corrected chi connectivity index (χ0v) is 20.8. The lowest BCUT2D eigenvalue weighted by atomic mass is 10.2. The third kappa shape index (κ3) is 5.97. The Morgan fingerprint density at radius 1 is 1.00 bits per heavy atom. The van der Waals surface area contributed by atoms with E-state index in [0.717, 1.165) is 20.9 Å². The average molecular weight is 538 g/mol. The predicted octanol–water partition coefficient (Wildman–Crippen LogP) is 5.08. The molecule has 4 aromatic rings. The van der Waals surface area contributed by atoms with Crippen LogP contribution in [0.25, 0.3) is 10.9 Å². The molecule has 2 aromatic carbocycles. The Balaban J connectivity index is 1.50. The van der Waals surface area contributed by atoms with E-state index in [9.17, 15) is 9.59 Å². The number of carbonyl (C=O) groups is 2. The number of anilines is 3. The first kappa shape index (κ1) is 24.2. The highest BCUT2D eigenvalue weighted by Crippen LogP contribution is 2.29. The first-order chi connectivity index (χ1) is 17.0. The van der Waals surface area contributed by atoms with Gasteiger partial charge in [-0.1, -0.05) is 22.0 Å². The first-order valence-corrected chi connectivity index (χ1v) is 11.5. The van der Waals surface area contributed by atoms with E-state index in [1.807, 2.05) is 48.7 Å². The number of amides is 3. The number of aromatic nitrogens is 2. The highest BCUT2D eigenvalue weighted by atomic mass is 79.9. The van der Waals surface area contributed by atoms with Gasteiger partial charge in [-0.25, -0.2) is 9.78 Å². The fraction of sp³-hybridized carbons (Fsp3) is 0.160. The van der Waals surface area contributed by atoms with Gasteiger partial charge in [-0.15, -0.1) is 0 Å². The quantitative estimate of drug-likeness (QED) is 0.290. The first-order valence-electron chi connectivity index (χ1n) is 10.7. The van der Waals surface area contributed by atoms with Crippen molar-refractivity contribution in [3.05, 3.63) is 77.0 Å². The molecular weight excluding hydrogens is 514 g/mol. The number of methoxy groups -OCH3 is 2. The van der Waals surface area contributed by atoms with Crippen molar-refractivity contribution >= 4 is 56.0 Å². The number of carbonyl (C=O) groups excluding carboxylic acids is 2. The van der Waals surface area contributed by atoms with Gasteiger partial charge in [-0.2, -0.15) is 0 Å². The van der Waals surface area contributed by atoms with Crippen LogP contribution in [0.2, 0.25) is 0 Å². The Hall–Kier alpha value is -3.89. The normalized spacial score (nSPS) is 10.7. The maximum absolute atomic E-state index is 12.7. The molecule has 0 bridgehead atoms. The van der Waals surface area contributed by atoms with Crippen LogP contribution in [-0.4, -0.2) is 42.3 Å². The highest BCUT2D eigenvalue weighted by Gasteiger charge is 2.12.